The number of allylic oxidation sites excluding steroid dienone is 6. The molecule has 0 spiro atoms. The van der Waals surface area contributed by atoms with Crippen molar-refractivity contribution in [1.29, 1.82) is 0 Å². The Labute approximate surface area is 305 Å². The third-order valence-corrected chi connectivity index (χ3v) is 11.2. The highest BCUT2D eigenvalue weighted by atomic mass is 16.1. The molecule has 1 amide bonds. The average Bonchev–Trinajstić information content (AvgIpc) is 3.47. The highest BCUT2D eigenvalue weighted by Gasteiger charge is 2.44. The fourth-order valence-corrected chi connectivity index (χ4v) is 8.53. The molecule has 0 unspecified atom stereocenters. The van der Waals surface area contributed by atoms with Crippen LogP contribution in [0.1, 0.15) is 90.2 Å². The summed E-state index contributed by atoms with van der Waals surface area (Å²) in [5.74, 6) is 0.188. The van der Waals surface area contributed by atoms with Crippen molar-refractivity contribution in [2.24, 2.45) is 0 Å². The predicted molar refractivity (Wildman–Crippen MR) is 216 cm³/mol. The van der Waals surface area contributed by atoms with E-state index in [0.717, 1.165) is 45.3 Å². The fourth-order valence-electron chi connectivity index (χ4n) is 8.53. The SMILES string of the molecule is C[N+]1=C(C=CC=CC=C2N(CCCCCC(=O)NCCCCCC[NH3+])c3ccc4ccccc4c3C2(C)C)C(C)(C)c2c1ccc1ccccc21. The van der Waals surface area contributed by atoms with Gasteiger partial charge in [-0.2, -0.15) is 4.58 Å². The second kappa shape index (κ2) is 15.8. The number of nitrogens with zero attached hydrogens (tertiary/aromatic N) is 2. The molecule has 4 aromatic rings. The number of quaternary nitrogens is 1. The van der Waals surface area contributed by atoms with Crippen LogP contribution in [-0.2, 0) is 15.6 Å². The molecular formula is C46H58N4O+2. The number of rotatable bonds is 15. The maximum atomic E-state index is 12.4. The minimum Gasteiger partial charge on any atom is -0.358 e. The molecule has 5 heteroatoms. The summed E-state index contributed by atoms with van der Waals surface area (Å²) in [6.07, 6.45) is 19.4. The third kappa shape index (κ3) is 7.46. The first-order chi connectivity index (χ1) is 24.7. The molecule has 0 saturated heterocycles. The van der Waals surface area contributed by atoms with E-state index in [1.165, 1.54) is 74.7 Å². The molecule has 2 aliphatic heterocycles. The van der Waals surface area contributed by atoms with Gasteiger partial charge in [-0.25, -0.2) is 0 Å². The van der Waals surface area contributed by atoms with Crippen LogP contribution >= 0.6 is 0 Å². The van der Waals surface area contributed by atoms with Crippen molar-refractivity contribution in [3.05, 3.63) is 120 Å². The lowest BCUT2D eigenvalue weighted by Crippen LogP contribution is -2.50. The number of fused-ring (bicyclic) bond motifs is 6. The Bertz CT molecular complexity index is 2010. The van der Waals surface area contributed by atoms with E-state index in [0.29, 0.717) is 6.42 Å². The molecule has 4 N–H and O–H groups in total. The Morgan fingerprint density at radius 3 is 2.16 bits per heavy atom. The summed E-state index contributed by atoms with van der Waals surface area (Å²) in [5, 5.41) is 8.36. The highest BCUT2D eigenvalue weighted by molar-refractivity contribution is 6.07. The minimum atomic E-state index is -0.150. The molecule has 4 aromatic carbocycles. The number of hydrogen-bond donors (Lipinski definition) is 2. The predicted octanol–water partition coefficient (Wildman–Crippen LogP) is 9.27. The molecule has 51 heavy (non-hydrogen) atoms. The molecule has 5 nitrogen and oxygen atoms in total. The van der Waals surface area contributed by atoms with Crippen LogP contribution in [0.3, 0.4) is 0 Å². The minimum absolute atomic E-state index is 0.103. The normalized spacial score (nSPS) is 17.1. The van der Waals surface area contributed by atoms with Crippen LogP contribution in [0.25, 0.3) is 21.5 Å². The van der Waals surface area contributed by atoms with Crippen molar-refractivity contribution in [3.63, 3.8) is 0 Å². The molecule has 266 valence electrons. The Morgan fingerprint density at radius 2 is 1.41 bits per heavy atom. The topological polar surface area (TPSA) is 63.0 Å². The lowest BCUT2D eigenvalue weighted by molar-refractivity contribution is -0.401. The van der Waals surface area contributed by atoms with E-state index in [-0.39, 0.29) is 16.7 Å². The summed E-state index contributed by atoms with van der Waals surface area (Å²) in [5.41, 5.74) is 11.7. The van der Waals surface area contributed by atoms with E-state index >= 15 is 0 Å². The summed E-state index contributed by atoms with van der Waals surface area (Å²) < 4.78 is 2.35. The number of amides is 1. The van der Waals surface area contributed by atoms with Crippen molar-refractivity contribution in [3.8, 4) is 0 Å². The third-order valence-electron chi connectivity index (χ3n) is 11.2. The van der Waals surface area contributed by atoms with E-state index in [1.807, 2.05) is 0 Å². The number of unbranched alkanes of at least 4 members (excludes halogenated alkanes) is 5. The van der Waals surface area contributed by atoms with Gasteiger partial charge in [0.15, 0.2) is 5.71 Å². The van der Waals surface area contributed by atoms with Gasteiger partial charge in [0.05, 0.1) is 12.0 Å². The van der Waals surface area contributed by atoms with Crippen molar-refractivity contribution in [1.82, 2.24) is 5.32 Å². The van der Waals surface area contributed by atoms with Crippen LogP contribution in [0.15, 0.2) is 109 Å². The number of nitrogens with one attached hydrogen (secondary N) is 1. The summed E-state index contributed by atoms with van der Waals surface area (Å²) in [6, 6.07) is 26.6. The van der Waals surface area contributed by atoms with Crippen LogP contribution in [0, 0.1) is 0 Å². The van der Waals surface area contributed by atoms with E-state index < -0.39 is 0 Å². The largest absolute Gasteiger partial charge is 0.358 e. The average molecular weight is 683 g/mol. The zero-order valence-electron chi connectivity index (χ0n) is 31.6. The molecule has 0 bridgehead atoms. The van der Waals surface area contributed by atoms with E-state index in [2.05, 4.69) is 158 Å². The summed E-state index contributed by atoms with van der Waals surface area (Å²) in [4.78, 5) is 15.0. The smallest absolute Gasteiger partial charge is 0.219 e. The van der Waals surface area contributed by atoms with E-state index in [9.17, 15) is 4.79 Å². The number of hydrogen-bond acceptors (Lipinski definition) is 2. The van der Waals surface area contributed by atoms with E-state index in [1.54, 1.807) is 0 Å². The first-order valence-electron chi connectivity index (χ1n) is 19.2. The lowest BCUT2D eigenvalue weighted by Gasteiger charge is -2.27. The van der Waals surface area contributed by atoms with Gasteiger partial charge < -0.3 is 16.0 Å². The maximum Gasteiger partial charge on any atom is 0.219 e. The van der Waals surface area contributed by atoms with Crippen LogP contribution in [0.4, 0.5) is 11.4 Å². The maximum absolute atomic E-state index is 12.4. The Kier molecular flexibility index (Phi) is 11.3. The van der Waals surface area contributed by atoms with E-state index in [4.69, 9.17) is 0 Å². The zero-order valence-corrected chi connectivity index (χ0v) is 31.6. The number of benzene rings is 4. The summed E-state index contributed by atoms with van der Waals surface area (Å²) in [7, 11) is 2.19. The van der Waals surface area contributed by atoms with Crippen molar-refractivity contribution < 1.29 is 15.1 Å². The summed E-state index contributed by atoms with van der Waals surface area (Å²) >= 11 is 0. The molecular weight excluding hydrogens is 625 g/mol. The zero-order chi connectivity index (χ0) is 36.0. The summed E-state index contributed by atoms with van der Waals surface area (Å²) in [6.45, 7) is 12.1. The second-order valence-electron chi connectivity index (χ2n) is 15.4. The first kappa shape index (κ1) is 36.3. The molecule has 0 saturated carbocycles. The van der Waals surface area contributed by atoms with Gasteiger partial charge in [-0.05, 0) is 91.3 Å². The van der Waals surface area contributed by atoms with Gasteiger partial charge in [0.25, 0.3) is 0 Å². The van der Waals surface area contributed by atoms with Gasteiger partial charge in [-0.1, -0.05) is 99.5 Å². The molecule has 0 aliphatic carbocycles. The quantitative estimate of drug-likeness (QED) is 0.0746. The van der Waals surface area contributed by atoms with Crippen LogP contribution in [0.2, 0.25) is 0 Å². The van der Waals surface area contributed by atoms with Gasteiger partial charge in [-0.15, -0.1) is 0 Å². The number of carbonyl (C=O) groups is 1. The Hall–Kier alpha value is -4.48. The first-order valence-corrected chi connectivity index (χ1v) is 19.2. The van der Waals surface area contributed by atoms with Gasteiger partial charge in [0, 0.05) is 54.0 Å². The molecule has 0 fully saturated rings. The fraction of sp³-hybridized carbons (Fsp3) is 0.391. The van der Waals surface area contributed by atoms with Crippen LogP contribution < -0.4 is 16.0 Å². The van der Waals surface area contributed by atoms with Gasteiger partial charge in [0.1, 0.15) is 7.05 Å². The molecule has 2 heterocycles. The van der Waals surface area contributed by atoms with Crippen molar-refractivity contribution in [2.75, 3.05) is 31.6 Å². The molecule has 2 aliphatic rings. The molecule has 0 radical (unpaired) electrons. The van der Waals surface area contributed by atoms with Crippen molar-refractivity contribution in [2.45, 2.75) is 89.9 Å². The van der Waals surface area contributed by atoms with Gasteiger partial charge >= 0.3 is 0 Å². The number of anilines is 1. The second-order valence-corrected chi connectivity index (χ2v) is 15.4. The lowest BCUT2D eigenvalue weighted by atomic mass is 9.79. The number of carbonyl (C=O) groups excluding carboxylic acids is 1. The Morgan fingerprint density at radius 1 is 0.745 bits per heavy atom. The monoisotopic (exact) mass is 682 g/mol. The standard InChI is InChI=1S/C46H56N4O/c1-45(2)40(49(5)38-29-27-34-20-13-15-22-36(34)43(38)45)24-10-8-11-25-41-46(3,4)44-37-23-16-14-21-35(37)28-30-39(44)50(41)33-19-9-12-26-42(51)48-32-18-7-6-17-31-47/h8,10-11,13-16,20-25,27-30H,6-7,9,12,17-19,26,31-33,47H2,1-5H3/p+2. The van der Waals surface area contributed by atoms with Crippen LogP contribution in [-0.4, -0.2) is 42.9 Å². The molecule has 6 rings (SSSR count). The van der Waals surface area contributed by atoms with Gasteiger partial charge in [-0.3, -0.25) is 4.79 Å². The molecule has 0 aromatic heterocycles. The van der Waals surface area contributed by atoms with Crippen LogP contribution in [0.5, 0.6) is 0 Å². The molecule has 0 atom stereocenters. The Balaban J connectivity index is 1.16. The van der Waals surface area contributed by atoms with Gasteiger partial charge in [0.2, 0.25) is 11.6 Å². The highest BCUT2D eigenvalue weighted by Crippen LogP contribution is 2.51. The van der Waals surface area contributed by atoms with Crippen molar-refractivity contribution >= 4 is 44.5 Å².